The Kier molecular flexibility index (Phi) is 8.52. The van der Waals surface area contributed by atoms with Crippen molar-refractivity contribution in [3.63, 3.8) is 0 Å². The Balaban J connectivity index is 1.79. The molecule has 0 spiro atoms. The average molecular weight is 369 g/mol. The van der Waals surface area contributed by atoms with Gasteiger partial charge in [0.2, 0.25) is 5.91 Å². The van der Waals surface area contributed by atoms with Crippen molar-refractivity contribution in [2.24, 2.45) is 0 Å². The van der Waals surface area contributed by atoms with Gasteiger partial charge in [-0.05, 0) is 41.8 Å². The number of amides is 1. The molecule has 2 aromatic rings. The van der Waals surface area contributed by atoms with E-state index in [1.165, 1.54) is 0 Å². The van der Waals surface area contributed by atoms with Gasteiger partial charge in [-0.1, -0.05) is 31.2 Å². The first-order valence-electron chi connectivity index (χ1n) is 9.22. The second-order valence-corrected chi connectivity index (χ2v) is 6.27. The largest absolute Gasteiger partial charge is 0.494 e. The summed E-state index contributed by atoms with van der Waals surface area (Å²) in [5, 5.41) is 2.87. The molecule has 0 aromatic heterocycles. The predicted molar refractivity (Wildman–Crippen MR) is 105 cm³/mol. The van der Waals surface area contributed by atoms with Gasteiger partial charge in [-0.3, -0.25) is 9.59 Å². The monoisotopic (exact) mass is 369 g/mol. The lowest BCUT2D eigenvalue weighted by Gasteiger charge is -2.10. The topological polar surface area (TPSA) is 64.6 Å². The maximum Gasteiger partial charge on any atom is 0.220 e. The third-order valence-corrected chi connectivity index (χ3v) is 4.12. The van der Waals surface area contributed by atoms with E-state index in [0.717, 1.165) is 23.3 Å². The number of benzene rings is 2. The first kappa shape index (κ1) is 20.6. The van der Waals surface area contributed by atoms with Crippen LogP contribution < -0.4 is 10.1 Å². The molecule has 1 N–H and O–H groups in total. The molecule has 0 aliphatic rings. The lowest BCUT2D eigenvalue weighted by Crippen LogP contribution is -2.24. The summed E-state index contributed by atoms with van der Waals surface area (Å²) in [7, 11) is 1.64. The van der Waals surface area contributed by atoms with E-state index < -0.39 is 0 Å². The van der Waals surface area contributed by atoms with E-state index in [4.69, 9.17) is 9.47 Å². The van der Waals surface area contributed by atoms with Crippen LogP contribution in [0.15, 0.2) is 48.5 Å². The highest BCUT2D eigenvalue weighted by Gasteiger charge is 2.10. The number of carbonyl (C=O) groups excluding carboxylic acids is 2. The van der Waals surface area contributed by atoms with Gasteiger partial charge in [-0.25, -0.2) is 0 Å². The van der Waals surface area contributed by atoms with Crippen LogP contribution in [-0.4, -0.2) is 25.4 Å². The number of ketones is 1. The van der Waals surface area contributed by atoms with E-state index in [1.807, 2.05) is 31.2 Å². The molecule has 0 aliphatic heterocycles. The van der Waals surface area contributed by atoms with Crippen molar-refractivity contribution in [1.29, 1.82) is 0 Å². The Morgan fingerprint density at radius 1 is 0.963 bits per heavy atom. The van der Waals surface area contributed by atoms with Crippen molar-refractivity contribution in [3.05, 3.63) is 65.2 Å². The number of methoxy groups -OCH3 is 1. The lowest BCUT2D eigenvalue weighted by atomic mass is 10.1. The molecule has 0 unspecified atom stereocenters. The third-order valence-electron chi connectivity index (χ3n) is 4.12. The average Bonchev–Trinajstić information content (AvgIpc) is 2.70. The van der Waals surface area contributed by atoms with E-state index in [2.05, 4.69) is 5.32 Å². The summed E-state index contributed by atoms with van der Waals surface area (Å²) in [6, 6.07) is 14.9. The summed E-state index contributed by atoms with van der Waals surface area (Å²) in [5.74, 6) is 0.561. The van der Waals surface area contributed by atoms with E-state index in [0.29, 0.717) is 25.3 Å². The molecule has 27 heavy (non-hydrogen) atoms. The maximum absolute atomic E-state index is 12.3. The smallest absolute Gasteiger partial charge is 0.220 e. The molecule has 0 heterocycles. The maximum atomic E-state index is 12.3. The SMILES string of the molecule is CCCOc1ccc(C(=O)CCC(=O)NCc2ccccc2COC)cc1. The molecule has 5 heteroatoms. The fourth-order valence-corrected chi connectivity index (χ4v) is 2.64. The molecule has 2 aromatic carbocycles. The Labute approximate surface area is 160 Å². The van der Waals surface area contributed by atoms with Crippen LogP contribution in [0, 0.1) is 0 Å². The molecule has 0 aliphatic carbocycles. The number of rotatable bonds is 11. The molecular weight excluding hydrogens is 342 g/mol. The summed E-state index contributed by atoms with van der Waals surface area (Å²) in [6.07, 6.45) is 1.28. The Bertz CT molecular complexity index is 740. The van der Waals surface area contributed by atoms with Crippen molar-refractivity contribution < 1.29 is 19.1 Å². The number of nitrogens with one attached hydrogen (secondary N) is 1. The summed E-state index contributed by atoms with van der Waals surface area (Å²) in [4.78, 5) is 24.3. The minimum atomic E-state index is -0.140. The van der Waals surface area contributed by atoms with Crippen molar-refractivity contribution in [2.75, 3.05) is 13.7 Å². The van der Waals surface area contributed by atoms with Gasteiger partial charge in [-0.2, -0.15) is 0 Å². The minimum Gasteiger partial charge on any atom is -0.494 e. The van der Waals surface area contributed by atoms with Gasteiger partial charge < -0.3 is 14.8 Å². The number of hydrogen-bond donors (Lipinski definition) is 1. The molecule has 144 valence electrons. The van der Waals surface area contributed by atoms with Crippen LogP contribution in [0.2, 0.25) is 0 Å². The highest BCUT2D eigenvalue weighted by Crippen LogP contribution is 2.14. The fraction of sp³-hybridized carbons (Fsp3) is 0.364. The molecule has 2 rings (SSSR count). The van der Waals surface area contributed by atoms with E-state index in [9.17, 15) is 9.59 Å². The first-order chi connectivity index (χ1) is 13.1. The van der Waals surface area contributed by atoms with Crippen LogP contribution >= 0.6 is 0 Å². The fourth-order valence-electron chi connectivity index (χ4n) is 2.64. The molecular formula is C22H27NO4. The molecule has 0 fully saturated rings. The predicted octanol–water partition coefficient (Wildman–Crippen LogP) is 3.90. The summed E-state index contributed by atoms with van der Waals surface area (Å²) < 4.78 is 10.7. The van der Waals surface area contributed by atoms with Gasteiger partial charge in [0.1, 0.15) is 5.75 Å². The van der Waals surface area contributed by atoms with Crippen molar-refractivity contribution in [2.45, 2.75) is 39.3 Å². The lowest BCUT2D eigenvalue weighted by molar-refractivity contribution is -0.121. The molecule has 1 amide bonds. The zero-order valence-corrected chi connectivity index (χ0v) is 16.0. The number of hydrogen-bond acceptors (Lipinski definition) is 4. The van der Waals surface area contributed by atoms with E-state index in [1.54, 1.807) is 31.4 Å². The summed E-state index contributed by atoms with van der Waals surface area (Å²) >= 11 is 0. The van der Waals surface area contributed by atoms with E-state index in [-0.39, 0.29) is 24.5 Å². The summed E-state index contributed by atoms with van der Waals surface area (Å²) in [5.41, 5.74) is 2.65. The van der Waals surface area contributed by atoms with E-state index >= 15 is 0 Å². The van der Waals surface area contributed by atoms with Gasteiger partial charge in [0.25, 0.3) is 0 Å². The van der Waals surface area contributed by atoms with Crippen LogP contribution in [0.25, 0.3) is 0 Å². The highest BCUT2D eigenvalue weighted by atomic mass is 16.5. The second kappa shape index (κ2) is 11.1. The van der Waals surface area contributed by atoms with Crippen LogP contribution in [0.3, 0.4) is 0 Å². The quantitative estimate of drug-likeness (QED) is 0.610. The van der Waals surface area contributed by atoms with Crippen LogP contribution in [-0.2, 0) is 22.7 Å². The normalized spacial score (nSPS) is 10.4. The molecule has 5 nitrogen and oxygen atoms in total. The Morgan fingerprint density at radius 3 is 2.33 bits per heavy atom. The van der Waals surface area contributed by atoms with Crippen molar-refractivity contribution in [3.8, 4) is 5.75 Å². The standard InChI is InChI=1S/C22H27NO4/c1-3-14-27-20-10-8-17(9-11-20)21(24)12-13-22(25)23-15-18-6-4-5-7-19(18)16-26-2/h4-11H,3,12-16H2,1-2H3,(H,23,25). The van der Waals surface area contributed by atoms with Gasteiger partial charge in [-0.15, -0.1) is 0 Å². The highest BCUT2D eigenvalue weighted by molar-refractivity contribution is 5.98. The zero-order valence-electron chi connectivity index (χ0n) is 16.0. The van der Waals surface area contributed by atoms with Crippen LogP contribution in [0.4, 0.5) is 0 Å². The third kappa shape index (κ3) is 6.87. The zero-order chi connectivity index (χ0) is 19.5. The van der Waals surface area contributed by atoms with Gasteiger partial charge in [0.05, 0.1) is 13.2 Å². The minimum absolute atomic E-state index is 0.0491. The number of Topliss-reactive ketones (excluding diaryl/α,β-unsaturated/α-hetero) is 1. The number of ether oxygens (including phenoxy) is 2. The van der Waals surface area contributed by atoms with Crippen LogP contribution in [0.5, 0.6) is 5.75 Å². The summed E-state index contributed by atoms with van der Waals surface area (Å²) in [6.45, 7) is 3.62. The Hall–Kier alpha value is -2.66. The van der Waals surface area contributed by atoms with Crippen molar-refractivity contribution in [1.82, 2.24) is 5.32 Å². The first-order valence-corrected chi connectivity index (χ1v) is 9.22. The molecule has 0 radical (unpaired) electrons. The number of carbonyl (C=O) groups is 2. The van der Waals surface area contributed by atoms with Crippen molar-refractivity contribution >= 4 is 11.7 Å². The second-order valence-electron chi connectivity index (χ2n) is 6.27. The van der Waals surface area contributed by atoms with Gasteiger partial charge in [0.15, 0.2) is 5.78 Å². The molecule has 0 saturated heterocycles. The molecule has 0 atom stereocenters. The van der Waals surface area contributed by atoms with Crippen LogP contribution in [0.1, 0.15) is 47.7 Å². The molecule has 0 saturated carbocycles. The molecule has 0 bridgehead atoms. The Morgan fingerprint density at radius 2 is 1.67 bits per heavy atom. The van der Waals surface area contributed by atoms with Gasteiger partial charge in [0, 0.05) is 32.1 Å². The van der Waals surface area contributed by atoms with Gasteiger partial charge >= 0.3 is 0 Å².